The third-order valence-corrected chi connectivity index (χ3v) is 18.5. The van der Waals surface area contributed by atoms with E-state index in [9.17, 15) is 19.5 Å². The molecule has 0 fully saturated rings. The van der Waals surface area contributed by atoms with Crippen molar-refractivity contribution in [3.8, 4) is 0 Å². The number of rotatable bonds is 79. The number of carbonyl (C=O) groups excluding carboxylic acids is 2. The van der Waals surface area contributed by atoms with Crippen LogP contribution in [0.4, 0.5) is 0 Å². The van der Waals surface area contributed by atoms with Crippen LogP contribution in [0, 0.1) is 0 Å². The van der Waals surface area contributed by atoms with Gasteiger partial charge in [0, 0.05) is 12.8 Å². The molecule has 9 nitrogen and oxygen atoms in total. The van der Waals surface area contributed by atoms with Gasteiger partial charge in [-0.05, 0) is 135 Å². The number of ether oxygens (including phenoxy) is 4. The Balaban J connectivity index is 4.06. The maximum atomic E-state index is 13.0. The largest absolute Gasteiger partial charge is 0.477 e. The fourth-order valence-corrected chi connectivity index (χ4v) is 11.9. The van der Waals surface area contributed by atoms with Crippen molar-refractivity contribution in [1.29, 1.82) is 0 Å². The molecule has 0 saturated carbocycles. The van der Waals surface area contributed by atoms with Gasteiger partial charge in [-0.2, -0.15) is 0 Å². The van der Waals surface area contributed by atoms with E-state index in [1.165, 1.54) is 193 Å². The van der Waals surface area contributed by atoms with E-state index in [4.69, 9.17) is 18.9 Å². The Morgan fingerprint density at radius 3 is 0.810 bits per heavy atom. The number of hydrogen-bond donors (Lipinski definition) is 1. The molecule has 0 radical (unpaired) electrons. The van der Waals surface area contributed by atoms with Crippen molar-refractivity contribution in [3.63, 3.8) is 0 Å². The molecule has 0 rings (SSSR count). The lowest BCUT2D eigenvalue weighted by Crippen LogP contribution is -2.40. The predicted molar refractivity (Wildman–Crippen MR) is 456 cm³/mol. The minimum atomic E-state index is -1.53. The van der Waals surface area contributed by atoms with E-state index in [2.05, 4.69) is 184 Å². The number of unbranched alkanes of at least 4 members (excludes halogenated alkanes) is 36. The third kappa shape index (κ3) is 85.8. The van der Waals surface area contributed by atoms with Gasteiger partial charge in [0.05, 0.1) is 34.4 Å². The highest BCUT2D eigenvalue weighted by Crippen LogP contribution is 2.19. The lowest BCUT2D eigenvalue weighted by Gasteiger charge is -2.25. The molecule has 0 aliphatic carbocycles. The van der Waals surface area contributed by atoms with E-state index in [1.54, 1.807) is 0 Å². The number of carboxylic acids is 1. The lowest BCUT2D eigenvalue weighted by molar-refractivity contribution is -0.870. The highest BCUT2D eigenvalue weighted by Gasteiger charge is 2.25. The molecule has 0 amide bonds. The van der Waals surface area contributed by atoms with Crippen molar-refractivity contribution in [2.45, 2.75) is 373 Å². The van der Waals surface area contributed by atoms with E-state index in [0.29, 0.717) is 23.9 Å². The van der Waals surface area contributed by atoms with E-state index in [1.807, 2.05) is 21.1 Å². The summed E-state index contributed by atoms with van der Waals surface area (Å²) in [6, 6.07) is 0. The van der Waals surface area contributed by atoms with Crippen molar-refractivity contribution >= 4 is 17.9 Å². The second-order valence-electron chi connectivity index (χ2n) is 29.8. The SMILES string of the molecule is CC/C=C\C/C=C\C/C=C\C/C=C\C/C=C\C/C=C\C/C=C\C/C=C\C/C=C\C/C=C\C/C=C\CCCCCCCC(=O)OC(COC(=O)CCCCCCCCCCCCCCCCCCCCCCCCCCCC/C=C\C/C=C\C/C=C\CCCCCCC)COC(OCC[N+](C)(C)C)C(=O)O. The molecule has 0 aliphatic heterocycles. The summed E-state index contributed by atoms with van der Waals surface area (Å²) in [5.74, 6) is -2.03. The highest BCUT2D eigenvalue weighted by atomic mass is 16.7. The first-order valence-electron chi connectivity index (χ1n) is 43.3. The molecule has 0 aromatic heterocycles. The van der Waals surface area contributed by atoms with Crippen molar-refractivity contribution in [3.05, 3.63) is 170 Å². The number of hydrogen-bond acceptors (Lipinski definition) is 7. The molecular formula is C96H162NO8+. The maximum Gasteiger partial charge on any atom is 0.361 e. The summed E-state index contributed by atoms with van der Waals surface area (Å²) in [5.41, 5.74) is 0. The number of allylic oxidation sites excluding steroid dienone is 28. The van der Waals surface area contributed by atoms with Crippen LogP contribution in [0.15, 0.2) is 170 Å². The topological polar surface area (TPSA) is 108 Å². The van der Waals surface area contributed by atoms with Crippen LogP contribution in [-0.2, 0) is 33.3 Å². The number of carboxylic acid groups (broad SMARTS) is 1. The summed E-state index contributed by atoms with van der Waals surface area (Å²) in [7, 11) is 5.97. The number of carbonyl (C=O) groups is 3. The first-order chi connectivity index (χ1) is 51.6. The molecule has 9 heteroatoms. The number of likely N-dealkylation sites (N-methyl/N-ethyl adjacent to an activating group) is 1. The van der Waals surface area contributed by atoms with E-state index in [-0.39, 0.29) is 32.2 Å². The Morgan fingerprint density at radius 1 is 0.295 bits per heavy atom. The molecule has 0 aromatic carbocycles. The normalized spacial score (nSPS) is 13.5. The van der Waals surface area contributed by atoms with E-state index < -0.39 is 24.3 Å². The third-order valence-electron chi connectivity index (χ3n) is 18.5. The quantitative estimate of drug-likeness (QED) is 0.0211. The Bertz CT molecular complexity index is 2350. The number of quaternary nitrogens is 1. The fraction of sp³-hybridized carbons (Fsp3) is 0.677. The Kier molecular flexibility index (Phi) is 80.0. The van der Waals surface area contributed by atoms with E-state index in [0.717, 1.165) is 135 Å². The van der Waals surface area contributed by atoms with Gasteiger partial charge in [-0.3, -0.25) is 9.59 Å². The second-order valence-corrected chi connectivity index (χ2v) is 29.8. The molecule has 0 aliphatic rings. The summed E-state index contributed by atoms with van der Waals surface area (Å²) >= 11 is 0. The fourth-order valence-electron chi connectivity index (χ4n) is 11.9. The maximum absolute atomic E-state index is 13.0. The monoisotopic (exact) mass is 1460 g/mol. The highest BCUT2D eigenvalue weighted by molar-refractivity contribution is 5.71. The zero-order valence-corrected chi connectivity index (χ0v) is 68.6. The molecule has 105 heavy (non-hydrogen) atoms. The van der Waals surface area contributed by atoms with Gasteiger partial charge in [0.25, 0.3) is 6.29 Å². The van der Waals surface area contributed by atoms with Crippen LogP contribution >= 0.6 is 0 Å². The van der Waals surface area contributed by atoms with Crippen LogP contribution in [0.1, 0.15) is 361 Å². The Labute approximate surface area is 647 Å². The molecule has 0 heterocycles. The first-order valence-corrected chi connectivity index (χ1v) is 43.3. The lowest BCUT2D eigenvalue weighted by atomic mass is 10.0. The van der Waals surface area contributed by atoms with Gasteiger partial charge in [0.2, 0.25) is 0 Å². The summed E-state index contributed by atoms with van der Waals surface area (Å²) < 4.78 is 23.0. The van der Waals surface area contributed by atoms with Gasteiger partial charge in [0.1, 0.15) is 13.2 Å². The average molecular weight is 1460 g/mol. The summed E-state index contributed by atoms with van der Waals surface area (Å²) in [6.07, 6.45) is 124. The van der Waals surface area contributed by atoms with Crippen molar-refractivity contribution in [1.82, 2.24) is 0 Å². The minimum Gasteiger partial charge on any atom is -0.477 e. The molecule has 2 atom stereocenters. The number of aliphatic carboxylic acids is 1. The van der Waals surface area contributed by atoms with Gasteiger partial charge in [-0.1, -0.05) is 383 Å². The molecule has 0 bridgehead atoms. The minimum absolute atomic E-state index is 0.177. The average Bonchev–Trinajstić information content (AvgIpc) is 1.97. The van der Waals surface area contributed by atoms with Gasteiger partial charge < -0.3 is 28.5 Å². The second kappa shape index (κ2) is 84.3. The van der Waals surface area contributed by atoms with Crippen LogP contribution in [-0.4, -0.2) is 87.4 Å². The Hall–Kier alpha value is -5.35. The van der Waals surface area contributed by atoms with Crippen molar-refractivity contribution in [2.75, 3.05) is 47.5 Å². The van der Waals surface area contributed by atoms with Crippen LogP contribution < -0.4 is 0 Å². The molecule has 0 aromatic rings. The molecule has 0 saturated heterocycles. The van der Waals surface area contributed by atoms with Crippen LogP contribution in [0.3, 0.4) is 0 Å². The summed E-state index contributed by atoms with van der Waals surface area (Å²) in [4.78, 5) is 37.8. The van der Waals surface area contributed by atoms with Crippen LogP contribution in [0.2, 0.25) is 0 Å². The first kappa shape index (κ1) is 99.7. The summed E-state index contributed by atoms with van der Waals surface area (Å²) in [6.45, 7) is 4.75. The van der Waals surface area contributed by atoms with Crippen molar-refractivity contribution < 1.29 is 42.9 Å². The van der Waals surface area contributed by atoms with Crippen LogP contribution in [0.5, 0.6) is 0 Å². The number of esters is 2. The van der Waals surface area contributed by atoms with Crippen LogP contribution in [0.25, 0.3) is 0 Å². The van der Waals surface area contributed by atoms with Gasteiger partial charge in [-0.25, -0.2) is 4.79 Å². The molecule has 2 unspecified atom stereocenters. The molecular weight excluding hydrogens is 1300 g/mol. The Morgan fingerprint density at radius 2 is 0.543 bits per heavy atom. The molecule has 598 valence electrons. The predicted octanol–water partition coefficient (Wildman–Crippen LogP) is 28.5. The van der Waals surface area contributed by atoms with Crippen molar-refractivity contribution in [2.24, 2.45) is 0 Å². The van der Waals surface area contributed by atoms with E-state index >= 15 is 0 Å². The van der Waals surface area contributed by atoms with Gasteiger partial charge >= 0.3 is 17.9 Å². The number of nitrogens with zero attached hydrogens (tertiary/aromatic N) is 1. The molecule has 0 spiro atoms. The standard InChI is InChI=1S/C96H161NO8/c1-6-8-10-12-14-16-18-20-22-24-26-28-30-32-34-36-38-40-42-44-46-47-49-50-52-54-56-58-60-62-64-66-68-70-72-74-76-78-80-82-84-86-93(98)103-90-92(91-104-96(95(100)101)102-89-88-97(3,4)5)105-94(99)87-85-83-81-79-77-75-73-71-69-67-65-63-61-59-57-55-53-51-48-45-43-41-39-37-35-33-31-29-27-25-23-21-19-17-15-13-11-9-7-2/h9,11,15,17-18,20-21,23-24,26-27,29-30,32-33,35,39,41,45,48,53,55,59,61,65,67,71,73,92,96H,6-8,10,12-14,16,19,22,25,28,31,34,36-38,40,42-44,46-47,49-52,54,56-58,60,62-64,66,68-70,72,74-91H2,1-5H3/p+1/b11-9-,17-15-,20-18-,23-21-,26-24-,29-27-,32-30-,35-33-,41-39-,48-45-,55-53-,61-59-,67-65-,73-71-. The molecule has 1 N–H and O–H groups in total. The van der Waals surface area contributed by atoms with Gasteiger partial charge in [0.15, 0.2) is 6.10 Å². The van der Waals surface area contributed by atoms with Gasteiger partial charge in [-0.15, -0.1) is 0 Å². The zero-order valence-electron chi connectivity index (χ0n) is 68.6. The zero-order chi connectivity index (χ0) is 76.0. The smallest absolute Gasteiger partial charge is 0.361 e. The summed E-state index contributed by atoms with van der Waals surface area (Å²) in [5, 5.41) is 9.79.